The number of amides is 2. The number of rotatable bonds is 4. The number of aromatic nitrogens is 3. The summed E-state index contributed by atoms with van der Waals surface area (Å²) in [6, 6.07) is 5.91. The highest BCUT2D eigenvalue weighted by molar-refractivity contribution is 5.91. The number of aryl methyl sites for hydroxylation is 1. The topological polar surface area (TPSA) is 101 Å². The fourth-order valence-electron chi connectivity index (χ4n) is 2.78. The number of methoxy groups -OCH3 is 1. The van der Waals surface area contributed by atoms with Gasteiger partial charge in [0.25, 0.3) is 0 Å². The Morgan fingerprint density at radius 3 is 2.96 bits per heavy atom. The molecule has 0 atom stereocenters. The molecule has 1 aliphatic heterocycles. The monoisotopic (exact) mass is 344 g/mol. The zero-order valence-electron chi connectivity index (χ0n) is 14.2. The van der Waals surface area contributed by atoms with Crippen LogP contribution in [0.1, 0.15) is 12.0 Å². The van der Waals surface area contributed by atoms with E-state index in [1.807, 2.05) is 18.2 Å². The molecule has 2 amide bonds. The van der Waals surface area contributed by atoms with Gasteiger partial charge in [-0.25, -0.2) is 4.79 Å². The quantitative estimate of drug-likeness (QED) is 0.871. The molecule has 0 bridgehead atoms. The van der Waals surface area contributed by atoms with Crippen molar-refractivity contribution in [3.63, 3.8) is 0 Å². The van der Waals surface area contributed by atoms with E-state index < -0.39 is 6.09 Å². The van der Waals surface area contributed by atoms with Crippen molar-refractivity contribution < 1.29 is 14.3 Å². The molecule has 0 unspecified atom stereocenters. The van der Waals surface area contributed by atoms with Crippen LogP contribution >= 0.6 is 0 Å². The molecule has 0 saturated heterocycles. The highest BCUT2D eigenvalue weighted by Gasteiger charge is 2.15. The lowest BCUT2D eigenvalue weighted by Gasteiger charge is -2.27. The highest BCUT2D eigenvalue weighted by Crippen LogP contribution is 2.28. The summed E-state index contributed by atoms with van der Waals surface area (Å²) in [6.45, 7) is 0.992. The summed E-state index contributed by atoms with van der Waals surface area (Å²) in [7, 11) is 3.32. The van der Waals surface area contributed by atoms with Crippen molar-refractivity contribution in [2.75, 3.05) is 36.2 Å². The highest BCUT2D eigenvalue weighted by atomic mass is 16.5. The van der Waals surface area contributed by atoms with Gasteiger partial charge in [-0.15, -0.1) is 5.10 Å². The predicted octanol–water partition coefficient (Wildman–Crippen LogP) is 1.48. The van der Waals surface area contributed by atoms with Crippen molar-refractivity contribution in [2.45, 2.75) is 19.4 Å². The lowest BCUT2D eigenvalue weighted by Crippen LogP contribution is -2.25. The summed E-state index contributed by atoms with van der Waals surface area (Å²) in [6.07, 6.45) is 2.81. The van der Waals surface area contributed by atoms with Crippen LogP contribution in [0.15, 0.2) is 24.4 Å². The van der Waals surface area contributed by atoms with Gasteiger partial charge in [0.15, 0.2) is 5.82 Å². The maximum absolute atomic E-state index is 12.2. The molecule has 0 aliphatic carbocycles. The average molecular weight is 344 g/mol. The van der Waals surface area contributed by atoms with Crippen LogP contribution in [0.4, 0.5) is 22.0 Å². The first-order valence-corrected chi connectivity index (χ1v) is 7.94. The smallest absolute Gasteiger partial charge is 0.412 e. The Morgan fingerprint density at radius 2 is 2.16 bits per heavy atom. The fraction of sp³-hybridized carbons (Fsp3) is 0.375. The van der Waals surface area contributed by atoms with Gasteiger partial charge in [0.05, 0.1) is 13.3 Å². The van der Waals surface area contributed by atoms with E-state index in [1.165, 1.54) is 29.4 Å². The van der Waals surface area contributed by atoms with Crippen molar-refractivity contribution in [1.29, 1.82) is 0 Å². The van der Waals surface area contributed by atoms with Gasteiger partial charge in [0.2, 0.25) is 5.91 Å². The Balaban J connectivity index is 1.60. The largest absolute Gasteiger partial charge is 0.453 e. The number of carbonyl (C=O) groups is 2. The van der Waals surface area contributed by atoms with E-state index >= 15 is 0 Å². The second-order valence-electron chi connectivity index (χ2n) is 5.79. The van der Waals surface area contributed by atoms with Gasteiger partial charge < -0.3 is 15.0 Å². The minimum absolute atomic E-state index is 0.0557. The zero-order chi connectivity index (χ0) is 17.8. The molecular weight excluding hydrogens is 324 g/mol. The maximum Gasteiger partial charge on any atom is 0.412 e. The van der Waals surface area contributed by atoms with Crippen LogP contribution in [0.5, 0.6) is 0 Å². The van der Waals surface area contributed by atoms with Crippen LogP contribution < -0.4 is 15.5 Å². The van der Waals surface area contributed by atoms with Gasteiger partial charge in [-0.2, -0.15) is 9.90 Å². The fourth-order valence-corrected chi connectivity index (χ4v) is 2.78. The molecule has 0 spiro atoms. The van der Waals surface area contributed by atoms with Crippen LogP contribution in [-0.4, -0.2) is 47.7 Å². The number of ether oxygens (including phenoxy) is 1. The Morgan fingerprint density at radius 1 is 1.32 bits per heavy atom. The van der Waals surface area contributed by atoms with Crippen LogP contribution in [-0.2, 0) is 22.5 Å². The second-order valence-corrected chi connectivity index (χ2v) is 5.79. The van der Waals surface area contributed by atoms with Gasteiger partial charge in [-0.1, -0.05) is 0 Å². The van der Waals surface area contributed by atoms with E-state index in [0.29, 0.717) is 0 Å². The first-order valence-electron chi connectivity index (χ1n) is 7.94. The molecule has 25 heavy (non-hydrogen) atoms. The van der Waals surface area contributed by atoms with Crippen molar-refractivity contribution in [1.82, 2.24) is 15.0 Å². The van der Waals surface area contributed by atoms with Gasteiger partial charge in [-0.05, 0) is 36.6 Å². The summed E-state index contributed by atoms with van der Waals surface area (Å²) in [5, 5.41) is 13.1. The molecule has 0 fully saturated rings. The van der Waals surface area contributed by atoms with Crippen molar-refractivity contribution >= 4 is 29.2 Å². The van der Waals surface area contributed by atoms with Gasteiger partial charge >= 0.3 is 6.09 Å². The summed E-state index contributed by atoms with van der Waals surface area (Å²) in [5.74, 6) is -0.0270. The van der Waals surface area contributed by atoms with E-state index in [1.54, 1.807) is 0 Å². The first-order chi connectivity index (χ1) is 12.0. The third-order valence-corrected chi connectivity index (χ3v) is 3.95. The number of benzene rings is 1. The number of carbonyl (C=O) groups excluding carboxylic acids is 2. The lowest BCUT2D eigenvalue weighted by molar-refractivity contribution is -0.117. The van der Waals surface area contributed by atoms with E-state index in [-0.39, 0.29) is 18.3 Å². The normalized spacial score (nSPS) is 13.1. The number of anilines is 3. The molecule has 2 heterocycles. The van der Waals surface area contributed by atoms with Gasteiger partial charge in [0, 0.05) is 25.0 Å². The molecule has 2 aromatic rings. The van der Waals surface area contributed by atoms with E-state index in [2.05, 4.69) is 37.5 Å². The van der Waals surface area contributed by atoms with Gasteiger partial charge in [0.1, 0.15) is 6.54 Å². The molecule has 1 aromatic carbocycles. The average Bonchev–Trinajstić information content (AvgIpc) is 3.01. The summed E-state index contributed by atoms with van der Waals surface area (Å²) in [5.41, 5.74) is 3.18. The van der Waals surface area contributed by atoms with Gasteiger partial charge in [-0.3, -0.25) is 10.1 Å². The van der Waals surface area contributed by atoms with E-state index in [9.17, 15) is 9.59 Å². The minimum atomic E-state index is -0.643. The molecule has 1 aliphatic rings. The Hall–Kier alpha value is -3.10. The minimum Gasteiger partial charge on any atom is -0.453 e. The van der Waals surface area contributed by atoms with Crippen LogP contribution in [0.25, 0.3) is 0 Å². The van der Waals surface area contributed by atoms with Crippen molar-refractivity contribution in [2.24, 2.45) is 0 Å². The molecule has 3 rings (SSSR count). The van der Waals surface area contributed by atoms with Crippen LogP contribution in [0, 0.1) is 0 Å². The lowest BCUT2D eigenvalue weighted by atomic mass is 10.0. The molecular formula is C16H20N6O3. The first kappa shape index (κ1) is 16.7. The molecule has 2 N–H and O–H groups in total. The Labute approximate surface area is 144 Å². The number of nitrogens with one attached hydrogen (secondary N) is 2. The molecule has 0 saturated carbocycles. The molecule has 1 aromatic heterocycles. The number of hydrogen-bond donors (Lipinski definition) is 2. The molecule has 9 heteroatoms. The SMILES string of the molecule is COC(=O)Nc1cnn(CC(=O)Nc2ccc3c(c2)CCCN3C)n1. The number of nitrogens with zero attached hydrogens (tertiary/aromatic N) is 4. The summed E-state index contributed by atoms with van der Waals surface area (Å²) in [4.78, 5) is 26.7. The molecule has 0 radical (unpaired) electrons. The van der Waals surface area contributed by atoms with Crippen LogP contribution in [0.2, 0.25) is 0 Å². The standard InChI is InChI=1S/C16H20N6O3/c1-21-7-3-4-11-8-12(5-6-13(11)21)18-15(23)10-22-17-9-14(20-22)19-16(24)25-2/h5-6,8-9H,3-4,7,10H2,1-2H3,(H,18,23)(H,19,20,24). The Bertz CT molecular complexity index is 788. The van der Waals surface area contributed by atoms with Crippen molar-refractivity contribution in [3.8, 4) is 0 Å². The summed E-state index contributed by atoms with van der Waals surface area (Å²) >= 11 is 0. The molecule has 132 valence electrons. The third kappa shape index (κ3) is 4.06. The number of hydrogen-bond acceptors (Lipinski definition) is 6. The third-order valence-electron chi connectivity index (χ3n) is 3.95. The zero-order valence-corrected chi connectivity index (χ0v) is 14.2. The van der Waals surface area contributed by atoms with Crippen LogP contribution in [0.3, 0.4) is 0 Å². The maximum atomic E-state index is 12.2. The summed E-state index contributed by atoms with van der Waals surface area (Å²) < 4.78 is 4.47. The molecule has 9 nitrogen and oxygen atoms in total. The van der Waals surface area contributed by atoms with Crippen molar-refractivity contribution in [3.05, 3.63) is 30.0 Å². The van der Waals surface area contributed by atoms with E-state index in [4.69, 9.17) is 0 Å². The number of fused-ring (bicyclic) bond motifs is 1. The van der Waals surface area contributed by atoms with E-state index in [0.717, 1.165) is 25.1 Å². The Kier molecular flexibility index (Phi) is 4.82. The second kappa shape index (κ2) is 7.20. The predicted molar refractivity (Wildman–Crippen MR) is 92.7 cm³/mol.